The Kier molecular flexibility index (Phi) is 5.08. The fourth-order valence-electron chi connectivity index (χ4n) is 2.52. The Morgan fingerprint density at radius 1 is 1.50 bits per heavy atom. The quantitative estimate of drug-likeness (QED) is 0.371. The largest absolute Gasteiger partial charge is 0.461 e. The highest BCUT2D eigenvalue weighted by atomic mass is 79.9. The van der Waals surface area contributed by atoms with Gasteiger partial charge in [-0.25, -0.2) is 4.79 Å². The summed E-state index contributed by atoms with van der Waals surface area (Å²) in [6.07, 6.45) is 2.01. The molecule has 3 rings (SSSR count). The normalized spacial score (nSPS) is 13.8. The van der Waals surface area contributed by atoms with Crippen LogP contribution in [0, 0.1) is 6.92 Å². The molecule has 7 heteroatoms. The zero-order valence-corrected chi connectivity index (χ0v) is 16.3. The smallest absolute Gasteiger partial charge is 0.361 e. The van der Waals surface area contributed by atoms with E-state index < -0.39 is 5.97 Å². The number of esters is 1. The number of aromatic nitrogens is 1. The van der Waals surface area contributed by atoms with Crippen LogP contribution in [0.4, 0.5) is 0 Å². The van der Waals surface area contributed by atoms with Gasteiger partial charge in [-0.1, -0.05) is 35.0 Å². The van der Waals surface area contributed by atoms with E-state index in [2.05, 4.69) is 21.1 Å². The maximum Gasteiger partial charge on any atom is 0.361 e. The van der Waals surface area contributed by atoms with Crippen LogP contribution in [0.3, 0.4) is 0 Å². The first-order valence-electron chi connectivity index (χ1n) is 7.61. The summed E-state index contributed by atoms with van der Waals surface area (Å²) in [6.45, 7) is 3.90. The predicted octanol–water partition coefficient (Wildman–Crippen LogP) is 5.22. The summed E-state index contributed by atoms with van der Waals surface area (Å²) in [7, 11) is 0. The molecule has 24 heavy (non-hydrogen) atoms. The Bertz CT molecular complexity index is 829. The van der Waals surface area contributed by atoms with Crippen molar-refractivity contribution in [1.29, 1.82) is 0 Å². The second-order valence-electron chi connectivity index (χ2n) is 5.63. The monoisotopic (exact) mass is 427 g/mol. The zero-order chi connectivity index (χ0) is 17.4. The van der Waals surface area contributed by atoms with E-state index in [0.29, 0.717) is 21.2 Å². The van der Waals surface area contributed by atoms with Crippen molar-refractivity contribution >= 4 is 50.6 Å². The van der Waals surface area contributed by atoms with Crippen molar-refractivity contribution in [2.45, 2.75) is 32.6 Å². The van der Waals surface area contributed by atoms with Crippen molar-refractivity contribution in [2.75, 3.05) is 6.61 Å². The molecule has 0 aliphatic heterocycles. The number of nitrogens with zero attached hydrogens (tertiary/aromatic N) is 1. The first kappa shape index (κ1) is 17.6. The third kappa shape index (κ3) is 3.15. The van der Waals surface area contributed by atoms with Gasteiger partial charge >= 0.3 is 5.97 Å². The molecule has 1 saturated carbocycles. The van der Waals surface area contributed by atoms with Crippen LogP contribution in [0.25, 0.3) is 0 Å². The van der Waals surface area contributed by atoms with Gasteiger partial charge in [0.2, 0.25) is 0 Å². The molecule has 1 aromatic carbocycles. The van der Waals surface area contributed by atoms with Gasteiger partial charge in [-0.05, 0) is 59.8 Å². The number of hydrogen-bond acceptors (Lipinski definition) is 5. The lowest BCUT2D eigenvalue weighted by Gasteiger charge is -2.11. The van der Waals surface area contributed by atoms with Crippen LogP contribution in [-0.2, 0) is 4.74 Å². The van der Waals surface area contributed by atoms with Crippen LogP contribution in [0.2, 0.25) is 5.02 Å². The van der Waals surface area contributed by atoms with Crippen molar-refractivity contribution in [3.8, 4) is 0 Å². The van der Waals surface area contributed by atoms with Crippen molar-refractivity contribution < 1.29 is 14.1 Å². The first-order valence-corrected chi connectivity index (χ1v) is 9.19. The van der Waals surface area contributed by atoms with Gasteiger partial charge in [0.15, 0.2) is 5.69 Å². The highest BCUT2D eigenvalue weighted by Crippen LogP contribution is 2.43. The fraction of sp³-hybridized carbons (Fsp3) is 0.353. The van der Waals surface area contributed by atoms with Crippen LogP contribution in [0.1, 0.15) is 58.6 Å². The van der Waals surface area contributed by atoms with Crippen molar-refractivity contribution in [3.63, 3.8) is 0 Å². The van der Waals surface area contributed by atoms with E-state index in [4.69, 9.17) is 33.1 Å². The fourth-order valence-corrected chi connectivity index (χ4v) is 3.53. The van der Waals surface area contributed by atoms with Gasteiger partial charge in [0.25, 0.3) is 0 Å². The van der Waals surface area contributed by atoms with Gasteiger partial charge in [-0.2, -0.15) is 0 Å². The van der Waals surface area contributed by atoms with Gasteiger partial charge in [0, 0.05) is 10.4 Å². The number of rotatable bonds is 5. The third-order valence-corrected chi connectivity index (χ3v) is 5.75. The summed E-state index contributed by atoms with van der Waals surface area (Å²) in [4.78, 5) is 12.7. The Balaban J connectivity index is 2.10. The van der Waals surface area contributed by atoms with E-state index in [1.165, 1.54) is 0 Å². The molecule has 0 unspecified atom stereocenters. The van der Waals surface area contributed by atoms with Crippen LogP contribution in [0.15, 0.2) is 21.1 Å². The van der Waals surface area contributed by atoms with E-state index >= 15 is 0 Å². The number of carbonyl (C=O) groups is 1. The van der Waals surface area contributed by atoms with Gasteiger partial charge in [0.1, 0.15) is 5.76 Å². The molecule has 1 aliphatic carbocycles. The van der Waals surface area contributed by atoms with Crippen LogP contribution in [0.5, 0.6) is 0 Å². The lowest BCUT2D eigenvalue weighted by molar-refractivity contribution is 0.0514. The number of benzene rings is 1. The average molecular weight is 429 g/mol. The number of thiocarbonyl (C=S) groups is 1. The highest BCUT2D eigenvalue weighted by molar-refractivity contribution is 9.10. The van der Waals surface area contributed by atoms with Gasteiger partial charge in [-0.15, -0.1) is 0 Å². The molecule has 1 fully saturated rings. The van der Waals surface area contributed by atoms with E-state index in [-0.39, 0.29) is 18.2 Å². The standard InChI is InChI=1S/C17H15BrClNO3S/c1-3-22-17(21)14-12(15(23-20-14)9-4-5-9)16(24)10-6-7-11(18)13(19)8(10)2/h6-7,9H,3-5H2,1-2H3. The Morgan fingerprint density at radius 3 is 2.83 bits per heavy atom. The molecule has 1 aromatic heterocycles. The molecular formula is C17H15BrClNO3S. The lowest BCUT2D eigenvalue weighted by atomic mass is 9.97. The summed E-state index contributed by atoms with van der Waals surface area (Å²) < 4.78 is 11.3. The molecule has 0 bridgehead atoms. The molecule has 4 nitrogen and oxygen atoms in total. The minimum atomic E-state index is -0.522. The van der Waals surface area contributed by atoms with Crippen molar-refractivity contribution in [1.82, 2.24) is 5.16 Å². The van der Waals surface area contributed by atoms with E-state index in [1.807, 2.05) is 19.1 Å². The molecule has 2 aromatic rings. The van der Waals surface area contributed by atoms with Crippen molar-refractivity contribution in [3.05, 3.63) is 49.8 Å². The van der Waals surface area contributed by atoms with Gasteiger partial charge in [-0.3, -0.25) is 0 Å². The summed E-state index contributed by atoms with van der Waals surface area (Å²) in [5.41, 5.74) is 2.33. The topological polar surface area (TPSA) is 52.3 Å². The van der Waals surface area contributed by atoms with E-state index in [9.17, 15) is 4.79 Å². The molecule has 0 saturated heterocycles. The van der Waals surface area contributed by atoms with E-state index in [0.717, 1.165) is 28.4 Å². The van der Waals surface area contributed by atoms with E-state index in [1.54, 1.807) is 6.92 Å². The number of ether oxygens (including phenoxy) is 1. The summed E-state index contributed by atoms with van der Waals surface area (Å²) in [5, 5.41) is 4.53. The third-order valence-electron chi connectivity index (χ3n) is 3.95. The molecule has 0 radical (unpaired) electrons. The van der Waals surface area contributed by atoms with Gasteiger partial charge < -0.3 is 9.26 Å². The molecule has 126 valence electrons. The summed E-state index contributed by atoms with van der Waals surface area (Å²) in [5.74, 6) is 0.410. The number of hydrogen-bond donors (Lipinski definition) is 0. The maximum absolute atomic E-state index is 12.2. The lowest BCUT2D eigenvalue weighted by Crippen LogP contribution is -2.13. The Labute approximate surface area is 158 Å². The zero-order valence-electron chi connectivity index (χ0n) is 13.2. The Morgan fingerprint density at radius 2 is 2.21 bits per heavy atom. The molecule has 1 heterocycles. The molecule has 1 aliphatic rings. The maximum atomic E-state index is 12.2. The molecule has 0 N–H and O–H groups in total. The molecule has 0 spiro atoms. The highest BCUT2D eigenvalue weighted by Gasteiger charge is 2.36. The second kappa shape index (κ2) is 6.94. The summed E-state index contributed by atoms with van der Waals surface area (Å²) >= 11 is 15.4. The number of halogens is 2. The first-order chi connectivity index (χ1) is 11.5. The molecule has 0 atom stereocenters. The summed E-state index contributed by atoms with van der Waals surface area (Å²) in [6, 6.07) is 3.72. The van der Waals surface area contributed by atoms with Gasteiger partial charge in [0.05, 0.1) is 22.1 Å². The minimum Gasteiger partial charge on any atom is -0.461 e. The van der Waals surface area contributed by atoms with Crippen molar-refractivity contribution in [2.24, 2.45) is 0 Å². The SMILES string of the molecule is CCOC(=O)c1noc(C2CC2)c1C(=S)c1ccc(Br)c(Cl)c1C. The molecular weight excluding hydrogens is 414 g/mol. The van der Waals surface area contributed by atoms with Crippen LogP contribution in [-0.4, -0.2) is 22.6 Å². The van der Waals surface area contributed by atoms with Crippen LogP contribution < -0.4 is 0 Å². The number of carbonyl (C=O) groups excluding carboxylic acids is 1. The predicted molar refractivity (Wildman–Crippen MR) is 99.1 cm³/mol. The Hall–Kier alpha value is -1.24. The minimum absolute atomic E-state index is 0.141. The second-order valence-corrected chi connectivity index (χ2v) is 7.27. The molecule has 0 amide bonds. The van der Waals surface area contributed by atoms with Crippen LogP contribution >= 0.6 is 39.7 Å². The average Bonchev–Trinajstić information content (AvgIpc) is 3.30.